The topological polar surface area (TPSA) is 49.4 Å². The number of thiophene rings is 1. The number of imide groups is 1. The van der Waals surface area contributed by atoms with Crippen molar-refractivity contribution in [3.63, 3.8) is 0 Å². The number of hydrogen-bond donors (Lipinski definition) is 1. The van der Waals surface area contributed by atoms with E-state index in [-0.39, 0.29) is 23.9 Å². The zero-order chi connectivity index (χ0) is 14.8. The van der Waals surface area contributed by atoms with Gasteiger partial charge in [-0.3, -0.25) is 19.8 Å². The number of hydrogen-bond acceptors (Lipinski definition) is 4. The van der Waals surface area contributed by atoms with Gasteiger partial charge in [0.15, 0.2) is 0 Å². The highest BCUT2D eigenvalue weighted by molar-refractivity contribution is 7.10. The monoisotopic (exact) mass is 306 g/mol. The maximum atomic E-state index is 12.3. The number of nitrogens with one attached hydrogen (secondary N) is 1. The third kappa shape index (κ3) is 3.04. The molecule has 1 aromatic rings. The first-order valence-electron chi connectivity index (χ1n) is 7.76. The van der Waals surface area contributed by atoms with Crippen LogP contribution in [0.25, 0.3) is 0 Å². The summed E-state index contributed by atoms with van der Waals surface area (Å²) in [5, 5.41) is 5.66. The van der Waals surface area contributed by atoms with Gasteiger partial charge in [-0.1, -0.05) is 18.9 Å². The minimum atomic E-state index is -0.222. The Balaban J connectivity index is 1.75. The fraction of sp³-hybridized carbons (Fsp3) is 0.625. The first-order chi connectivity index (χ1) is 10.2. The highest BCUT2D eigenvalue weighted by Gasteiger charge is 2.36. The molecule has 2 aliphatic rings. The van der Waals surface area contributed by atoms with E-state index in [0.29, 0.717) is 18.8 Å². The normalized spacial score (nSPS) is 25.6. The molecule has 0 spiro atoms. The van der Waals surface area contributed by atoms with Crippen molar-refractivity contribution < 1.29 is 9.59 Å². The van der Waals surface area contributed by atoms with Gasteiger partial charge < -0.3 is 0 Å². The predicted octanol–water partition coefficient (Wildman–Crippen LogP) is 2.72. The van der Waals surface area contributed by atoms with Crippen LogP contribution in [0.4, 0.5) is 0 Å². The molecule has 1 saturated carbocycles. The van der Waals surface area contributed by atoms with E-state index < -0.39 is 0 Å². The van der Waals surface area contributed by atoms with Crippen molar-refractivity contribution >= 4 is 23.2 Å². The quantitative estimate of drug-likeness (QED) is 0.870. The molecule has 1 saturated heterocycles. The Hall–Kier alpha value is -1.20. The molecular weight excluding hydrogens is 284 g/mol. The van der Waals surface area contributed by atoms with Crippen LogP contribution in [0, 0.1) is 5.92 Å². The highest BCUT2D eigenvalue weighted by atomic mass is 32.1. The second-order valence-corrected chi connectivity index (χ2v) is 7.07. The van der Waals surface area contributed by atoms with Gasteiger partial charge in [-0.15, -0.1) is 11.3 Å². The average Bonchev–Trinajstić information content (AvgIpc) is 3.17. The van der Waals surface area contributed by atoms with Crippen LogP contribution >= 0.6 is 11.3 Å². The number of nitrogens with zero attached hydrogens (tertiary/aromatic N) is 1. The Morgan fingerprint density at radius 3 is 2.71 bits per heavy atom. The van der Waals surface area contributed by atoms with E-state index in [2.05, 4.69) is 22.8 Å². The number of likely N-dealkylation sites (N-methyl/N-ethyl adjacent to an activating group) is 1. The van der Waals surface area contributed by atoms with Crippen molar-refractivity contribution in [3.05, 3.63) is 22.4 Å². The molecule has 0 bridgehead atoms. The van der Waals surface area contributed by atoms with Crippen molar-refractivity contribution in [1.82, 2.24) is 10.2 Å². The summed E-state index contributed by atoms with van der Waals surface area (Å²) in [4.78, 5) is 26.5. The summed E-state index contributed by atoms with van der Waals surface area (Å²) in [7, 11) is 1.59. The van der Waals surface area contributed by atoms with Gasteiger partial charge in [-0.2, -0.15) is 0 Å². The third-order valence-corrected chi connectivity index (χ3v) is 5.71. The molecule has 2 fully saturated rings. The van der Waals surface area contributed by atoms with Gasteiger partial charge in [0.2, 0.25) is 11.8 Å². The van der Waals surface area contributed by atoms with Crippen LogP contribution in [-0.2, 0) is 9.59 Å². The summed E-state index contributed by atoms with van der Waals surface area (Å²) in [5.41, 5.74) is 0. The van der Waals surface area contributed by atoms with Gasteiger partial charge in [-0.25, -0.2) is 0 Å². The molecule has 1 aliphatic heterocycles. The maximum Gasteiger partial charge on any atom is 0.246 e. The van der Waals surface area contributed by atoms with Crippen LogP contribution in [0.15, 0.2) is 17.5 Å². The number of piperidine rings is 1. The first-order valence-corrected chi connectivity index (χ1v) is 8.64. The summed E-state index contributed by atoms with van der Waals surface area (Å²) < 4.78 is 0. The molecule has 21 heavy (non-hydrogen) atoms. The molecular formula is C16H22N2O2S. The van der Waals surface area contributed by atoms with Crippen molar-refractivity contribution in [3.8, 4) is 0 Å². The van der Waals surface area contributed by atoms with E-state index >= 15 is 0 Å². The van der Waals surface area contributed by atoms with E-state index in [1.54, 1.807) is 18.4 Å². The largest absolute Gasteiger partial charge is 0.298 e. The van der Waals surface area contributed by atoms with Crippen molar-refractivity contribution in [2.45, 2.75) is 50.6 Å². The van der Waals surface area contributed by atoms with E-state index in [1.165, 1.54) is 35.5 Å². The summed E-state index contributed by atoms with van der Waals surface area (Å²) >= 11 is 1.75. The van der Waals surface area contributed by atoms with Crippen LogP contribution in [0.3, 0.4) is 0 Å². The molecule has 4 nitrogen and oxygen atoms in total. The molecule has 2 heterocycles. The molecule has 114 valence electrons. The third-order valence-electron chi connectivity index (χ3n) is 4.75. The second-order valence-electron chi connectivity index (χ2n) is 6.09. The van der Waals surface area contributed by atoms with Crippen LogP contribution in [0.5, 0.6) is 0 Å². The van der Waals surface area contributed by atoms with Crippen LogP contribution in [0.1, 0.15) is 49.4 Å². The SMILES string of the molecule is CN1C(=O)CCC(NC(c2cccs2)C2CCCC2)C1=O. The lowest BCUT2D eigenvalue weighted by Crippen LogP contribution is -2.52. The Bertz CT molecular complexity index is 508. The lowest BCUT2D eigenvalue weighted by Gasteiger charge is -2.33. The van der Waals surface area contributed by atoms with E-state index in [4.69, 9.17) is 0 Å². The standard InChI is InChI=1S/C16H22N2O2S/c1-18-14(19)9-8-12(16(18)20)17-15(11-5-2-3-6-11)13-7-4-10-21-13/h4,7,10-12,15,17H,2-3,5-6,8-9H2,1H3. The Morgan fingerprint density at radius 1 is 1.29 bits per heavy atom. The fourth-order valence-electron chi connectivity index (χ4n) is 3.50. The fourth-order valence-corrected chi connectivity index (χ4v) is 4.38. The summed E-state index contributed by atoms with van der Waals surface area (Å²) in [6.45, 7) is 0. The van der Waals surface area contributed by atoms with Gasteiger partial charge in [-0.05, 0) is 36.6 Å². The van der Waals surface area contributed by atoms with Crippen molar-refractivity contribution in [2.24, 2.45) is 5.92 Å². The van der Waals surface area contributed by atoms with E-state index in [9.17, 15) is 9.59 Å². The summed E-state index contributed by atoms with van der Waals surface area (Å²) in [6, 6.07) is 4.26. The molecule has 3 rings (SSSR count). The molecule has 0 radical (unpaired) electrons. The lowest BCUT2D eigenvalue weighted by atomic mass is 9.94. The molecule has 2 atom stereocenters. The van der Waals surface area contributed by atoms with E-state index in [0.717, 1.165) is 0 Å². The molecule has 1 N–H and O–H groups in total. The van der Waals surface area contributed by atoms with Crippen LogP contribution in [-0.4, -0.2) is 29.8 Å². The van der Waals surface area contributed by atoms with Gasteiger partial charge in [0.05, 0.1) is 6.04 Å². The van der Waals surface area contributed by atoms with Gasteiger partial charge in [0, 0.05) is 24.4 Å². The number of carbonyl (C=O) groups is 2. The Labute approximate surface area is 129 Å². The molecule has 0 aromatic carbocycles. The van der Waals surface area contributed by atoms with Gasteiger partial charge in [0.1, 0.15) is 0 Å². The summed E-state index contributed by atoms with van der Waals surface area (Å²) in [5.74, 6) is 0.469. The second kappa shape index (κ2) is 6.28. The number of rotatable bonds is 4. The van der Waals surface area contributed by atoms with Crippen LogP contribution < -0.4 is 5.32 Å². The lowest BCUT2D eigenvalue weighted by molar-refractivity contribution is -0.148. The molecule has 2 unspecified atom stereocenters. The zero-order valence-corrected chi connectivity index (χ0v) is 13.2. The summed E-state index contributed by atoms with van der Waals surface area (Å²) in [6.07, 6.45) is 6.10. The maximum absolute atomic E-state index is 12.3. The molecule has 5 heteroatoms. The average molecular weight is 306 g/mol. The van der Waals surface area contributed by atoms with Gasteiger partial charge in [0.25, 0.3) is 0 Å². The van der Waals surface area contributed by atoms with Crippen molar-refractivity contribution in [1.29, 1.82) is 0 Å². The molecule has 1 aromatic heterocycles. The highest BCUT2D eigenvalue weighted by Crippen LogP contribution is 2.38. The number of likely N-dealkylation sites (tertiary alicyclic amines) is 1. The van der Waals surface area contributed by atoms with Gasteiger partial charge >= 0.3 is 0 Å². The van der Waals surface area contributed by atoms with Crippen LogP contribution in [0.2, 0.25) is 0 Å². The smallest absolute Gasteiger partial charge is 0.246 e. The number of carbonyl (C=O) groups excluding carboxylic acids is 2. The predicted molar refractivity (Wildman–Crippen MR) is 83.0 cm³/mol. The Morgan fingerprint density at radius 2 is 2.05 bits per heavy atom. The zero-order valence-electron chi connectivity index (χ0n) is 12.4. The Kier molecular flexibility index (Phi) is 4.40. The van der Waals surface area contributed by atoms with Crippen molar-refractivity contribution in [2.75, 3.05) is 7.05 Å². The number of amides is 2. The minimum Gasteiger partial charge on any atom is -0.298 e. The molecule has 1 aliphatic carbocycles. The molecule has 2 amide bonds. The van der Waals surface area contributed by atoms with E-state index in [1.807, 2.05) is 0 Å². The minimum absolute atomic E-state index is 0.0633. The first kappa shape index (κ1) is 14.7.